The Kier molecular flexibility index (Phi) is 7.78. The summed E-state index contributed by atoms with van der Waals surface area (Å²) < 4.78 is 33.0. The number of piperidine rings is 2. The number of nitrogens with zero attached hydrogens (tertiary/aromatic N) is 3. The molecule has 2 aliphatic heterocycles. The maximum absolute atomic E-state index is 13.4. The van der Waals surface area contributed by atoms with E-state index in [1.165, 1.54) is 29.3 Å². The Morgan fingerprint density at radius 2 is 1.71 bits per heavy atom. The molecular formula is C26H35N3O4S. The Hall–Kier alpha value is -2.58. The van der Waals surface area contributed by atoms with Gasteiger partial charge in [-0.05, 0) is 68.0 Å². The molecule has 4 rings (SSSR count). The van der Waals surface area contributed by atoms with Gasteiger partial charge in [-0.15, -0.1) is 0 Å². The van der Waals surface area contributed by atoms with Crippen LogP contribution in [0.5, 0.6) is 5.75 Å². The van der Waals surface area contributed by atoms with E-state index in [1.807, 2.05) is 13.1 Å². The predicted octanol–water partition coefficient (Wildman–Crippen LogP) is 3.74. The number of hydrogen-bond donors (Lipinski definition) is 0. The van der Waals surface area contributed by atoms with E-state index in [2.05, 4.69) is 23.1 Å². The summed E-state index contributed by atoms with van der Waals surface area (Å²) in [4.78, 5) is 17.8. The number of benzene rings is 2. The minimum Gasteiger partial charge on any atom is -0.497 e. The zero-order chi connectivity index (χ0) is 24.1. The number of amides is 1. The van der Waals surface area contributed by atoms with E-state index < -0.39 is 10.0 Å². The molecule has 0 N–H and O–H groups in total. The number of anilines is 1. The Balaban J connectivity index is 1.44. The van der Waals surface area contributed by atoms with Crippen molar-refractivity contribution in [2.75, 3.05) is 45.2 Å². The smallest absolute Gasteiger partial charge is 0.243 e. The van der Waals surface area contributed by atoms with Gasteiger partial charge < -0.3 is 14.5 Å². The third kappa shape index (κ3) is 5.39. The fraction of sp³-hybridized carbons (Fsp3) is 0.500. The maximum Gasteiger partial charge on any atom is 0.243 e. The molecule has 34 heavy (non-hydrogen) atoms. The summed E-state index contributed by atoms with van der Waals surface area (Å²) in [5, 5.41) is 0. The first-order valence-electron chi connectivity index (χ1n) is 12.1. The molecule has 2 aromatic carbocycles. The summed E-state index contributed by atoms with van der Waals surface area (Å²) in [6, 6.07) is 14.7. The first-order chi connectivity index (χ1) is 16.4. The summed E-state index contributed by atoms with van der Waals surface area (Å²) in [6.45, 7) is 3.27. The van der Waals surface area contributed by atoms with Crippen LogP contribution in [-0.4, -0.2) is 63.9 Å². The number of para-hydroxylation sites is 1. The number of methoxy groups -OCH3 is 1. The van der Waals surface area contributed by atoms with E-state index in [-0.39, 0.29) is 23.3 Å². The molecule has 2 aromatic rings. The van der Waals surface area contributed by atoms with E-state index in [9.17, 15) is 13.2 Å². The number of carbonyl (C=O) groups is 1. The molecule has 1 amide bonds. The van der Waals surface area contributed by atoms with Crippen LogP contribution in [0.2, 0.25) is 0 Å². The highest BCUT2D eigenvalue weighted by molar-refractivity contribution is 7.89. The van der Waals surface area contributed by atoms with Gasteiger partial charge in [-0.2, -0.15) is 4.31 Å². The third-order valence-corrected chi connectivity index (χ3v) is 8.78. The normalized spacial score (nSPS) is 19.6. The van der Waals surface area contributed by atoms with Gasteiger partial charge in [-0.1, -0.05) is 18.2 Å². The Bertz CT molecular complexity index is 1080. The number of ether oxygens (including phenoxy) is 1. The van der Waals surface area contributed by atoms with E-state index in [4.69, 9.17) is 4.74 Å². The van der Waals surface area contributed by atoms with Crippen LogP contribution in [0.15, 0.2) is 53.4 Å². The van der Waals surface area contributed by atoms with Gasteiger partial charge in [0.2, 0.25) is 15.9 Å². The first kappa shape index (κ1) is 24.5. The highest BCUT2D eigenvalue weighted by atomic mass is 32.2. The summed E-state index contributed by atoms with van der Waals surface area (Å²) in [6.07, 6.45) is 5.04. The van der Waals surface area contributed by atoms with Crippen molar-refractivity contribution in [3.8, 4) is 5.75 Å². The van der Waals surface area contributed by atoms with Crippen molar-refractivity contribution in [3.05, 3.63) is 54.1 Å². The molecule has 0 aromatic heterocycles. The third-order valence-electron chi connectivity index (χ3n) is 6.90. The van der Waals surface area contributed by atoms with Crippen molar-refractivity contribution in [3.63, 3.8) is 0 Å². The molecule has 1 atom stereocenters. The van der Waals surface area contributed by atoms with Gasteiger partial charge in [0.05, 0.1) is 17.9 Å². The molecule has 0 spiro atoms. The van der Waals surface area contributed by atoms with Gasteiger partial charge in [0, 0.05) is 45.5 Å². The van der Waals surface area contributed by atoms with Crippen molar-refractivity contribution >= 4 is 21.6 Å². The lowest BCUT2D eigenvalue weighted by Gasteiger charge is -2.34. The van der Waals surface area contributed by atoms with Gasteiger partial charge in [-0.3, -0.25) is 4.79 Å². The van der Waals surface area contributed by atoms with Crippen molar-refractivity contribution in [2.24, 2.45) is 5.92 Å². The molecule has 2 aliphatic rings. The summed E-state index contributed by atoms with van der Waals surface area (Å²) in [7, 11) is -0.286. The van der Waals surface area contributed by atoms with E-state index in [0.29, 0.717) is 31.7 Å². The molecule has 0 bridgehead atoms. The molecule has 8 heteroatoms. The van der Waals surface area contributed by atoms with Crippen LogP contribution in [0.4, 0.5) is 5.69 Å². The average molecular weight is 486 g/mol. The van der Waals surface area contributed by atoms with Crippen molar-refractivity contribution in [1.82, 2.24) is 9.21 Å². The fourth-order valence-corrected chi connectivity index (χ4v) is 6.52. The van der Waals surface area contributed by atoms with Crippen molar-refractivity contribution in [2.45, 2.75) is 43.5 Å². The van der Waals surface area contributed by atoms with E-state index in [1.54, 1.807) is 36.3 Å². The molecule has 184 valence electrons. The lowest BCUT2D eigenvalue weighted by Crippen LogP contribution is -2.45. The van der Waals surface area contributed by atoms with Crippen molar-refractivity contribution < 1.29 is 17.9 Å². The number of rotatable bonds is 7. The van der Waals surface area contributed by atoms with Gasteiger partial charge in [-0.25, -0.2) is 8.42 Å². The number of sulfonamides is 1. The SMILES string of the molecule is COc1ccc(S(=O)(=O)N2CCC[C@H](C(=O)N(C)Cc3ccccc3N3CCCCC3)C2)cc1. The summed E-state index contributed by atoms with van der Waals surface area (Å²) in [5.74, 6) is 0.272. The Morgan fingerprint density at radius 1 is 1.00 bits per heavy atom. The second-order valence-electron chi connectivity index (χ2n) is 9.25. The molecule has 0 aliphatic carbocycles. The molecule has 7 nitrogen and oxygen atoms in total. The van der Waals surface area contributed by atoms with Crippen LogP contribution in [-0.2, 0) is 21.4 Å². The summed E-state index contributed by atoms with van der Waals surface area (Å²) in [5.41, 5.74) is 2.34. The second-order valence-corrected chi connectivity index (χ2v) is 11.2. The van der Waals surface area contributed by atoms with Crippen LogP contribution < -0.4 is 9.64 Å². The van der Waals surface area contributed by atoms with Crippen LogP contribution in [0.1, 0.15) is 37.7 Å². The predicted molar refractivity (Wildman–Crippen MR) is 133 cm³/mol. The Morgan fingerprint density at radius 3 is 2.41 bits per heavy atom. The van der Waals surface area contributed by atoms with Crippen molar-refractivity contribution in [1.29, 1.82) is 0 Å². The highest BCUT2D eigenvalue weighted by Crippen LogP contribution is 2.28. The number of hydrogen-bond acceptors (Lipinski definition) is 5. The minimum atomic E-state index is -3.66. The van der Waals surface area contributed by atoms with Crippen LogP contribution >= 0.6 is 0 Å². The molecule has 2 heterocycles. The van der Waals surface area contributed by atoms with Gasteiger partial charge >= 0.3 is 0 Å². The van der Waals surface area contributed by atoms with Crippen LogP contribution in [0.25, 0.3) is 0 Å². The molecule has 2 fully saturated rings. The molecule has 0 saturated carbocycles. The lowest BCUT2D eigenvalue weighted by atomic mass is 9.98. The molecule has 0 unspecified atom stereocenters. The quantitative estimate of drug-likeness (QED) is 0.598. The monoisotopic (exact) mass is 485 g/mol. The van der Waals surface area contributed by atoms with Gasteiger partial charge in [0.1, 0.15) is 5.75 Å². The van der Waals surface area contributed by atoms with Gasteiger partial charge in [0.15, 0.2) is 0 Å². The highest BCUT2D eigenvalue weighted by Gasteiger charge is 2.34. The fourth-order valence-electron chi connectivity index (χ4n) is 4.99. The Labute approximate surface area is 203 Å². The van der Waals surface area contributed by atoms with Crippen LogP contribution in [0.3, 0.4) is 0 Å². The van der Waals surface area contributed by atoms with Crippen LogP contribution in [0, 0.1) is 5.92 Å². The largest absolute Gasteiger partial charge is 0.497 e. The standard InChI is InChI=1S/C26H35N3O4S/c1-27(19-21-9-4-5-11-25(21)28-16-6-3-7-17-28)26(30)22-10-8-18-29(20-22)34(31,32)24-14-12-23(33-2)13-15-24/h4-5,9,11-15,22H,3,6-8,10,16-20H2,1-2H3/t22-/m0/s1. The maximum atomic E-state index is 13.4. The van der Waals surface area contributed by atoms with E-state index >= 15 is 0 Å². The zero-order valence-corrected chi connectivity index (χ0v) is 21.0. The minimum absolute atomic E-state index is 0.00285. The zero-order valence-electron chi connectivity index (χ0n) is 20.2. The molecule has 0 radical (unpaired) electrons. The van der Waals surface area contributed by atoms with Gasteiger partial charge in [0.25, 0.3) is 0 Å². The molecule has 2 saturated heterocycles. The van der Waals surface area contributed by atoms with E-state index in [0.717, 1.165) is 18.7 Å². The topological polar surface area (TPSA) is 70.2 Å². The second kappa shape index (κ2) is 10.8. The number of carbonyl (C=O) groups excluding carboxylic acids is 1. The average Bonchev–Trinajstić information content (AvgIpc) is 2.89. The molecular weight excluding hydrogens is 450 g/mol. The first-order valence-corrected chi connectivity index (χ1v) is 13.6. The summed E-state index contributed by atoms with van der Waals surface area (Å²) >= 11 is 0. The lowest BCUT2D eigenvalue weighted by molar-refractivity contribution is -0.135.